The van der Waals surface area contributed by atoms with Gasteiger partial charge in [0, 0.05) is 13.2 Å². The summed E-state index contributed by atoms with van der Waals surface area (Å²) in [6.07, 6.45) is 1.20. The number of fused-ring (bicyclic) bond motifs is 1. The maximum absolute atomic E-state index is 12.4. The number of rotatable bonds is 3. The Bertz CT molecular complexity index is 917. The van der Waals surface area contributed by atoms with Crippen molar-refractivity contribution in [3.8, 4) is 5.75 Å². The first-order valence-corrected chi connectivity index (χ1v) is 7.63. The maximum Gasteiger partial charge on any atom is 0.325 e. The zero-order chi connectivity index (χ0) is 18.9. The van der Waals surface area contributed by atoms with Gasteiger partial charge in [-0.05, 0) is 32.4 Å². The van der Waals surface area contributed by atoms with Gasteiger partial charge < -0.3 is 15.2 Å². The molecule has 0 fully saturated rings. The van der Waals surface area contributed by atoms with Crippen molar-refractivity contribution in [3.63, 3.8) is 0 Å². The zero-order valence-electron chi connectivity index (χ0n) is 14.1. The SMILES string of the molecule is Cn1c(=O)c(C(=O)NCC(=O)OC(C)(C)C)c(O)c2cnc(Cl)nc21. The van der Waals surface area contributed by atoms with Gasteiger partial charge in [-0.15, -0.1) is 0 Å². The van der Waals surface area contributed by atoms with Crippen LogP contribution in [0.2, 0.25) is 5.28 Å². The smallest absolute Gasteiger partial charge is 0.325 e. The quantitative estimate of drug-likeness (QED) is 0.605. The van der Waals surface area contributed by atoms with Crippen molar-refractivity contribution in [1.82, 2.24) is 19.9 Å². The molecule has 0 saturated heterocycles. The summed E-state index contributed by atoms with van der Waals surface area (Å²) in [5.41, 5.74) is -1.95. The number of pyridine rings is 1. The number of nitrogens with one attached hydrogen (secondary N) is 1. The molecule has 134 valence electrons. The number of halogens is 1. The lowest BCUT2D eigenvalue weighted by molar-refractivity contribution is -0.153. The molecule has 0 unspecified atom stereocenters. The van der Waals surface area contributed by atoms with E-state index in [4.69, 9.17) is 16.3 Å². The minimum absolute atomic E-state index is 0.0752. The molecule has 0 saturated carbocycles. The van der Waals surface area contributed by atoms with Crippen molar-refractivity contribution >= 4 is 34.5 Å². The predicted octanol–water partition coefficient (Wildman–Crippen LogP) is 0.759. The molecule has 9 nitrogen and oxygen atoms in total. The molecule has 0 bridgehead atoms. The summed E-state index contributed by atoms with van der Waals surface area (Å²) < 4.78 is 6.12. The van der Waals surface area contributed by atoms with Gasteiger partial charge in [-0.2, -0.15) is 4.98 Å². The van der Waals surface area contributed by atoms with E-state index in [9.17, 15) is 19.5 Å². The van der Waals surface area contributed by atoms with E-state index in [0.717, 1.165) is 4.57 Å². The van der Waals surface area contributed by atoms with Gasteiger partial charge >= 0.3 is 5.97 Å². The lowest BCUT2D eigenvalue weighted by atomic mass is 10.1. The van der Waals surface area contributed by atoms with Crippen LogP contribution in [0, 0.1) is 0 Å². The highest BCUT2D eigenvalue weighted by Crippen LogP contribution is 2.24. The first kappa shape index (κ1) is 18.7. The molecule has 25 heavy (non-hydrogen) atoms. The van der Waals surface area contributed by atoms with Gasteiger partial charge in [-0.1, -0.05) is 0 Å². The van der Waals surface area contributed by atoms with Gasteiger partial charge in [0.05, 0.1) is 5.39 Å². The Morgan fingerprint density at radius 1 is 1.40 bits per heavy atom. The zero-order valence-corrected chi connectivity index (χ0v) is 14.8. The van der Waals surface area contributed by atoms with Crippen LogP contribution in [0.4, 0.5) is 0 Å². The Morgan fingerprint density at radius 2 is 2.04 bits per heavy atom. The molecule has 1 amide bonds. The minimum Gasteiger partial charge on any atom is -0.506 e. The number of aromatic hydroxyl groups is 1. The largest absolute Gasteiger partial charge is 0.506 e. The third-order valence-corrected chi connectivity index (χ3v) is 3.29. The number of amides is 1. The molecular weight excluding hydrogens is 352 g/mol. The molecule has 10 heteroatoms. The average molecular weight is 369 g/mol. The summed E-state index contributed by atoms with van der Waals surface area (Å²) in [7, 11) is 1.37. The summed E-state index contributed by atoms with van der Waals surface area (Å²) in [4.78, 5) is 43.9. The Kier molecular flexibility index (Phi) is 4.98. The van der Waals surface area contributed by atoms with E-state index in [1.807, 2.05) is 0 Å². The van der Waals surface area contributed by atoms with Crippen molar-refractivity contribution in [2.75, 3.05) is 6.54 Å². The molecule has 2 aromatic heterocycles. The summed E-state index contributed by atoms with van der Waals surface area (Å²) >= 11 is 5.69. The number of carbonyl (C=O) groups is 2. The first-order chi connectivity index (χ1) is 11.5. The Labute approximate surface area is 147 Å². The van der Waals surface area contributed by atoms with Gasteiger partial charge in [-0.3, -0.25) is 19.0 Å². The second-order valence-electron chi connectivity index (χ2n) is 6.23. The highest BCUT2D eigenvalue weighted by atomic mass is 35.5. The van der Waals surface area contributed by atoms with Crippen LogP contribution in [-0.4, -0.2) is 43.7 Å². The Morgan fingerprint density at radius 3 is 2.64 bits per heavy atom. The van der Waals surface area contributed by atoms with Crippen LogP contribution in [0.5, 0.6) is 5.75 Å². The summed E-state index contributed by atoms with van der Waals surface area (Å²) in [6.45, 7) is 4.60. The lowest BCUT2D eigenvalue weighted by Crippen LogP contribution is -2.37. The van der Waals surface area contributed by atoms with Crippen LogP contribution in [0.25, 0.3) is 11.0 Å². The maximum atomic E-state index is 12.4. The van der Waals surface area contributed by atoms with Crippen LogP contribution in [0.15, 0.2) is 11.0 Å². The number of esters is 1. The van der Waals surface area contributed by atoms with Crippen LogP contribution >= 0.6 is 11.6 Å². The van der Waals surface area contributed by atoms with Gasteiger partial charge in [-0.25, -0.2) is 4.98 Å². The van der Waals surface area contributed by atoms with Crippen molar-refractivity contribution < 1.29 is 19.4 Å². The second kappa shape index (κ2) is 6.67. The number of hydrogen-bond acceptors (Lipinski definition) is 7. The third kappa shape index (κ3) is 4.05. The highest BCUT2D eigenvalue weighted by Gasteiger charge is 2.23. The van der Waals surface area contributed by atoms with E-state index in [1.54, 1.807) is 20.8 Å². The standard InChI is InChI=1S/C15H17ClN4O5/c1-15(2,3)25-8(21)6-17-12(23)9-10(22)7-5-18-14(16)19-11(7)20(4)13(9)24/h5,22H,6H2,1-4H3,(H,17,23). The van der Waals surface area contributed by atoms with Gasteiger partial charge in [0.1, 0.15) is 23.5 Å². The van der Waals surface area contributed by atoms with Crippen molar-refractivity contribution in [1.29, 1.82) is 0 Å². The average Bonchev–Trinajstić information content (AvgIpc) is 2.49. The van der Waals surface area contributed by atoms with Crippen molar-refractivity contribution in [3.05, 3.63) is 27.4 Å². The minimum atomic E-state index is -0.916. The summed E-state index contributed by atoms with van der Waals surface area (Å²) in [6, 6.07) is 0. The summed E-state index contributed by atoms with van der Waals surface area (Å²) in [5.74, 6) is -2.18. The molecule has 0 aliphatic rings. The normalized spacial score (nSPS) is 11.4. The molecule has 0 aromatic carbocycles. The fraction of sp³-hybridized carbons (Fsp3) is 0.400. The van der Waals surface area contributed by atoms with Crippen LogP contribution < -0.4 is 10.9 Å². The number of hydrogen-bond donors (Lipinski definition) is 2. The van der Waals surface area contributed by atoms with Gasteiger partial charge in [0.2, 0.25) is 5.28 Å². The van der Waals surface area contributed by atoms with Gasteiger partial charge in [0.25, 0.3) is 11.5 Å². The molecule has 2 aromatic rings. The molecule has 0 radical (unpaired) electrons. The van der Waals surface area contributed by atoms with E-state index in [2.05, 4.69) is 15.3 Å². The molecule has 2 rings (SSSR count). The summed E-state index contributed by atoms with van der Waals surface area (Å²) in [5, 5.41) is 12.5. The Hall–Kier alpha value is -2.68. The van der Waals surface area contributed by atoms with Crippen LogP contribution in [-0.2, 0) is 16.6 Å². The van der Waals surface area contributed by atoms with Crippen LogP contribution in [0.3, 0.4) is 0 Å². The number of aromatic nitrogens is 3. The fourth-order valence-corrected chi connectivity index (χ4v) is 2.23. The molecule has 2 heterocycles. The van der Waals surface area contributed by atoms with E-state index in [1.165, 1.54) is 13.2 Å². The van der Waals surface area contributed by atoms with Crippen molar-refractivity contribution in [2.24, 2.45) is 7.05 Å². The topological polar surface area (TPSA) is 123 Å². The lowest BCUT2D eigenvalue weighted by Gasteiger charge is -2.19. The molecular formula is C15H17ClN4O5. The van der Waals surface area contributed by atoms with E-state index < -0.39 is 40.9 Å². The van der Waals surface area contributed by atoms with E-state index in [-0.39, 0.29) is 16.3 Å². The number of aryl methyl sites for hydroxylation is 1. The Balaban J connectivity index is 2.35. The molecule has 0 spiro atoms. The van der Waals surface area contributed by atoms with Gasteiger partial charge in [0.15, 0.2) is 5.65 Å². The number of carbonyl (C=O) groups excluding carboxylic acids is 2. The third-order valence-electron chi connectivity index (χ3n) is 3.11. The molecule has 0 aliphatic heterocycles. The number of nitrogens with zero attached hydrogens (tertiary/aromatic N) is 3. The van der Waals surface area contributed by atoms with Crippen molar-refractivity contribution in [2.45, 2.75) is 26.4 Å². The predicted molar refractivity (Wildman–Crippen MR) is 89.6 cm³/mol. The molecule has 2 N–H and O–H groups in total. The number of ether oxygens (including phenoxy) is 1. The molecule has 0 atom stereocenters. The molecule has 0 aliphatic carbocycles. The highest BCUT2D eigenvalue weighted by molar-refractivity contribution is 6.28. The van der Waals surface area contributed by atoms with Crippen LogP contribution in [0.1, 0.15) is 31.1 Å². The monoisotopic (exact) mass is 368 g/mol. The fourth-order valence-electron chi connectivity index (χ4n) is 2.10. The van der Waals surface area contributed by atoms with E-state index >= 15 is 0 Å². The first-order valence-electron chi connectivity index (χ1n) is 7.25. The van der Waals surface area contributed by atoms with E-state index in [0.29, 0.717) is 0 Å². The second-order valence-corrected chi connectivity index (χ2v) is 6.57.